The highest BCUT2D eigenvalue weighted by Crippen LogP contribution is 2.40. The molecular weight excluding hydrogens is 605 g/mol. The molecule has 2 aromatic carbocycles. The molecule has 1 saturated carbocycles. The van der Waals surface area contributed by atoms with Crippen molar-refractivity contribution in [2.75, 3.05) is 17.7 Å². The van der Waals surface area contributed by atoms with E-state index in [2.05, 4.69) is 20.9 Å². The predicted octanol–water partition coefficient (Wildman–Crippen LogP) is 5.62. The van der Waals surface area contributed by atoms with Crippen LogP contribution in [0.3, 0.4) is 0 Å². The number of aryl methyl sites for hydroxylation is 1. The van der Waals surface area contributed by atoms with Gasteiger partial charge in [0.25, 0.3) is 5.91 Å². The van der Waals surface area contributed by atoms with Gasteiger partial charge in [-0.3, -0.25) is 14.6 Å². The number of nitrogens with zero attached hydrogens (tertiary/aromatic N) is 2. The molecule has 2 bridgehead atoms. The third kappa shape index (κ3) is 6.97. The zero-order valence-electron chi connectivity index (χ0n) is 24.3. The van der Waals surface area contributed by atoms with E-state index in [1.54, 1.807) is 29.2 Å². The number of hydrogen-bond donors (Lipinski definition) is 3. The van der Waals surface area contributed by atoms with Crippen molar-refractivity contribution in [2.24, 2.45) is 5.92 Å². The highest BCUT2D eigenvalue weighted by atomic mass is 35.5. The molecule has 0 unspecified atom stereocenters. The number of methoxy groups -OCH3 is 1. The third-order valence-electron chi connectivity index (χ3n) is 8.22. The van der Waals surface area contributed by atoms with Crippen LogP contribution < -0.4 is 16.0 Å². The Kier molecular flexibility index (Phi) is 9.71. The Morgan fingerprint density at radius 2 is 1.50 bits per heavy atom. The minimum atomic E-state index is -0.982. The summed E-state index contributed by atoms with van der Waals surface area (Å²) < 4.78 is 5.01. The zero-order valence-corrected chi connectivity index (χ0v) is 25.8. The van der Waals surface area contributed by atoms with Crippen LogP contribution in [0, 0.1) is 12.8 Å². The number of urea groups is 1. The van der Waals surface area contributed by atoms with E-state index >= 15 is 0 Å². The van der Waals surface area contributed by atoms with Gasteiger partial charge in [-0.1, -0.05) is 53.0 Å². The average Bonchev–Trinajstić information content (AvgIpc) is 3.02. The van der Waals surface area contributed by atoms with Crippen molar-refractivity contribution < 1.29 is 23.9 Å². The number of hydrogen-bond acceptors (Lipinski definition) is 6. The number of nitrogens with one attached hydrogen (secondary N) is 3. The minimum absolute atomic E-state index is 0.00707. The average molecular weight is 639 g/mol. The number of carbonyl (C=O) groups excluding carboxylic acids is 4. The lowest BCUT2D eigenvalue weighted by Gasteiger charge is -2.50. The number of anilines is 2. The first-order chi connectivity index (χ1) is 21.1. The van der Waals surface area contributed by atoms with Gasteiger partial charge in [0.2, 0.25) is 5.91 Å². The predicted molar refractivity (Wildman–Crippen MR) is 168 cm³/mol. The van der Waals surface area contributed by atoms with Gasteiger partial charge >= 0.3 is 12.0 Å². The molecule has 3 aromatic rings. The van der Waals surface area contributed by atoms with Gasteiger partial charge in [0.15, 0.2) is 0 Å². The van der Waals surface area contributed by atoms with E-state index in [0.29, 0.717) is 11.4 Å². The number of halogens is 2. The van der Waals surface area contributed by atoms with Crippen molar-refractivity contribution >= 4 is 58.4 Å². The molecule has 1 aliphatic carbocycles. The number of piperidine rings is 2. The first kappa shape index (κ1) is 31.3. The van der Waals surface area contributed by atoms with Crippen LogP contribution in [0.4, 0.5) is 16.2 Å². The number of carbonyl (C=O) groups is 4. The Morgan fingerprint density at radius 1 is 0.909 bits per heavy atom. The lowest BCUT2D eigenvalue weighted by molar-refractivity contribution is -0.146. The quantitative estimate of drug-likeness (QED) is 0.275. The molecule has 3 heterocycles. The fourth-order valence-corrected chi connectivity index (χ4v) is 6.52. The summed E-state index contributed by atoms with van der Waals surface area (Å²) in [7, 11) is 1.26. The van der Waals surface area contributed by atoms with Crippen LogP contribution in [-0.2, 0) is 20.7 Å². The van der Waals surface area contributed by atoms with Crippen LogP contribution in [0.15, 0.2) is 60.9 Å². The lowest BCUT2D eigenvalue weighted by atomic mass is 9.74. The molecule has 230 valence electrons. The van der Waals surface area contributed by atoms with Crippen molar-refractivity contribution in [1.82, 2.24) is 15.2 Å². The van der Waals surface area contributed by atoms with E-state index < -0.39 is 24.0 Å². The Bertz CT molecular complexity index is 1520. The second-order valence-electron chi connectivity index (χ2n) is 11.1. The molecule has 2 atom stereocenters. The number of rotatable bonds is 8. The molecule has 2 aliphatic heterocycles. The molecule has 3 N–H and O–H groups in total. The van der Waals surface area contributed by atoms with Crippen LogP contribution in [0.1, 0.15) is 47.2 Å². The zero-order chi connectivity index (χ0) is 31.4. The maximum absolute atomic E-state index is 13.8. The van der Waals surface area contributed by atoms with Gasteiger partial charge in [-0.15, -0.1) is 0 Å². The van der Waals surface area contributed by atoms with Gasteiger partial charge < -0.3 is 25.6 Å². The third-order valence-corrected chi connectivity index (χ3v) is 8.79. The van der Waals surface area contributed by atoms with Crippen LogP contribution >= 0.6 is 23.2 Å². The van der Waals surface area contributed by atoms with E-state index in [9.17, 15) is 19.2 Å². The fraction of sp³-hybridized carbons (Fsp3) is 0.344. The van der Waals surface area contributed by atoms with Crippen molar-refractivity contribution in [3.8, 4) is 0 Å². The highest BCUT2D eigenvalue weighted by Gasteiger charge is 2.48. The van der Waals surface area contributed by atoms with Crippen LogP contribution in [0.25, 0.3) is 0 Å². The first-order valence-corrected chi connectivity index (χ1v) is 15.1. The molecule has 12 heteroatoms. The summed E-state index contributed by atoms with van der Waals surface area (Å²) in [6, 6.07) is 12.2. The number of amides is 4. The molecule has 2 saturated heterocycles. The number of pyridine rings is 1. The van der Waals surface area contributed by atoms with Crippen LogP contribution in [0.2, 0.25) is 10.0 Å². The van der Waals surface area contributed by atoms with Crippen molar-refractivity contribution in [1.29, 1.82) is 0 Å². The van der Waals surface area contributed by atoms with Gasteiger partial charge in [0, 0.05) is 36.2 Å². The van der Waals surface area contributed by atoms with Crippen molar-refractivity contribution in [3.05, 3.63) is 87.7 Å². The summed E-state index contributed by atoms with van der Waals surface area (Å²) in [5.41, 5.74) is 3.04. The molecule has 4 amide bonds. The highest BCUT2D eigenvalue weighted by molar-refractivity contribution is 6.40. The van der Waals surface area contributed by atoms with Crippen molar-refractivity contribution in [3.63, 3.8) is 0 Å². The van der Waals surface area contributed by atoms with E-state index in [4.69, 9.17) is 27.9 Å². The van der Waals surface area contributed by atoms with Gasteiger partial charge in [-0.05, 0) is 68.4 Å². The summed E-state index contributed by atoms with van der Waals surface area (Å²) in [5.74, 6) is -1.49. The Morgan fingerprint density at radius 3 is 2.11 bits per heavy atom. The second-order valence-corrected chi connectivity index (χ2v) is 11.9. The topological polar surface area (TPSA) is 130 Å². The second kappa shape index (κ2) is 13.7. The van der Waals surface area contributed by atoms with Gasteiger partial charge in [-0.2, -0.15) is 0 Å². The van der Waals surface area contributed by atoms with Crippen LogP contribution in [-0.4, -0.2) is 58.9 Å². The summed E-state index contributed by atoms with van der Waals surface area (Å²) in [6.45, 7) is 1.97. The van der Waals surface area contributed by atoms with E-state index in [1.807, 2.05) is 31.2 Å². The van der Waals surface area contributed by atoms with E-state index in [1.165, 1.54) is 19.5 Å². The van der Waals surface area contributed by atoms with Crippen LogP contribution in [0.5, 0.6) is 0 Å². The molecule has 0 spiro atoms. The fourth-order valence-electron chi connectivity index (χ4n) is 5.98. The molecule has 3 aliphatic rings. The number of fused-ring (bicyclic) bond motifs is 3. The van der Waals surface area contributed by atoms with Crippen molar-refractivity contribution in [2.45, 2.75) is 57.2 Å². The smallest absolute Gasteiger partial charge is 0.328 e. The monoisotopic (exact) mass is 637 g/mol. The molecular formula is C32H33Cl2N5O5. The molecule has 44 heavy (non-hydrogen) atoms. The number of aromatic nitrogens is 1. The summed E-state index contributed by atoms with van der Waals surface area (Å²) in [5, 5.41) is 8.80. The van der Waals surface area contributed by atoms with Gasteiger partial charge in [0.05, 0.1) is 22.7 Å². The maximum Gasteiger partial charge on any atom is 0.328 e. The van der Waals surface area contributed by atoms with Gasteiger partial charge in [0.1, 0.15) is 12.1 Å². The molecule has 6 rings (SSSR count). The summed E-state index contributed by atoms with van der Waals surface area (Å²) in [4.78, 5) is 58.2. The van der Waals surface area contributed by atoms with E-state index in [-0.39, 0.29) is 45.9 Å². The number of esters is 1. The first-order valence-electron chi connectivity index (χ1n) is 14.4. The Labute approximate surface area is 265 Å². The normalized spacial score (nSPS) is 19.5. The summed E-state index contributed by atoms with van der Waals surface area (Å²) in [6.07, 6.45) is 6.15. The Balaban J connectivity index is 1.27. The minimum Gasteiger partial charge on any atom is -0.467 e. The molecule has 0 radical (unpaired) electrons. The molecule has 10 nitrogen and oxygen atoms in total. The molecule has 3 fully saturated rings. The Hall–Kier alpha value is -4.15. The lowest BCUT2D eigenvalue weighted by Crippen LogP contribution is -2.64. The number of benzene rings is 2. The number of ether oxygens (including phenoxy) is 1. The summed E-state index contributed by atoms with van der Waals surface area (Å²) >= 11 is 12.2. The van der Waals surface area contributed by atoms with E-state index in [0.717, 1.165) is 36.8 Å². The maximum atomic E-state index is 13.8. The standard InChI is InChI=1S/C32H33Cl2N5O5/c1-18-3-9-22(10-4-18)37-32(43)39-23-13-7-20(8-14-23)28(39)30(41)38-26(31(42)44-2)15-19-5-11-21(12-6-19)36-29(40)27-24(33)16-35-17-25(27)34/h3-6,9-12,16-17,20,23,26,28H,7-8,13-15H2,1-2H3,(H,36,40)(H,37,43)(H,38,41)/t20?,23?,26-,28-/m0/s1. The SMILES string of the molecule is COC(=O)[C@H](Cc1ccc(NC(=O)c2c(Cl)cncc2Cl)cc1)NC(=O)[C@@H]1C2CCC(CC2)N1C(=O)Nc1ccc(C)cc1. The largest absolute Gasteiger partial charge is 0.467 e. The van der Waals surface area contributed by atoms with Gasteiger partial charge in [-0.25, -0.2) is 9.59 Å². The molecule has 1 aromatic heterocycles.